The number of benzene rings is 3. The van der Waals surface area contributed by atoms with Gasteiger partial charge in [0, 0.05) is 16.5 Å². The first-order chi connectivity index (χ1) is 13.6. The van der Waals surface area contributed by atoms with Gasteiger partial charge in [0.15, 0.2) is 5.16 Å². The molecule has 0 radical (unpaired) electrons. The van der Waals surface area contributed by atoms with Crippen LogP contribution in [0, 0.1) is 6.92 Å². The Kier molecular flexibility index (Phi) is 5.60. The van der Waals surface area contributed by atoms with Crippen molar-refractivity contribution in [1.29, 1.82) is 0 Å². The van der Waals surface area contributed by atoms with Crippen molar-refractivity contribution in [2.24, 2.45) is 0 Å². The zero-order valence-electron chi connectivity index (χ0n) is 15.9. The zero-order chi connectivity index (χ0) is 19.5. The van der Waals surface area contributed by atoms with E-state index in [2.05, 4.69) is 54.0 Å². The molecule has 0 N–H and O–H groups in total. The number of ether oxygens (including phenoxy) is 1. The lowest BCUT2D eigenvalue weighted by molar-refractivity contribution is 0.340. The van der Waals surface area contributed by atoms with E-state index in [1.807, 2.05) is 31.2 Å². The van der Waals surface area contributed by atoms with Crippen LogP contribution >= 0.6 is 23.4 Å². The zero-order valence-corrected chi connectivity index (χ0v) is 17.4. The van der Waals surface area contributed by atoms with Crippen LogP contribution in [-0.2, 0) is 5.75 Å². The summed E-state index contributed by atoms with van der Waals surface area (Å²) in [6.45, 7) is 4.75. The second-order valence-corrected chi connectivity index (χ2v) is 7.94. The maximum Gasteiger partial charge on any atom is 0.174 e. The predicted octanol–water partition coefficient (Wildman–Crippen LogP) is 6.68. The van der Waals surface area contributed by atoms with E-state index >= 15 is 0 Å². The molecule has 0 saturated carbocycles. The number of imidazole rings is 1. The number of aryl methyl sites for hydroxylation is 1. The summed E-state index contributed by atoms with van der Waals surface area (Å²) in [5, 5.41) is 1.73. The van der Waals surface area contributed by atoms with Crippen LogP contribution in [0.15, 0.2) is 71.9 Å². The van der Waals surface area contributed by atoms with Gasteiger partial charge >= 0.3 is 0 Å². The topological polar surface area (TPSA) is 27.1 Å². The number of rotatable bonds is 6. The lowest BCUT2D eigenvalue weighted by atomic mass is 10.2. The van der Waals surface area contributed by atoms with Crippen LogP contribution in [0.2, 0.25) is 5.02 Å². The van der Waals surface area contributed by atoms with Crippen molar-refractivity contribution in [3.63, 3.8) is 0 Å². The number of nitrogens with zero attached hydrogens (tertiary/aromatic N) is 2. The summed E-state index contributed by atoms with van der Waals surface area (Å²) in [6, 6.07) is 22.5. The lowest BCUT2D eigenvalue weighted by Crippen LogP contribution is -1.98. The molecule has 0 bridgehead atoms. The fourth-order valence-electron chi connectivity index (χ4n) is 3.10. The Hall–Kier alpha value is -2.43. The van der Waals surface area contributed by atoms with E-state index in [-0.39, 0.29) is 0 Å². The highest BCUT2D eigenvalue weighted by Crippen LogP contribution is 2.31. The number of aromatic nitrogens is 2. The third kappa shape index (κ3) is 4.03. The minimum atomic E-state index is 0.662. The predicted molar refractivity (Wildman–Crippen MR) is 118 cm³/mol. The molecule has 4 aromatic rings. The summed E-state index contributed by atoms with van der Waals surface area (Å²) in [6.07, 6.45) is 0. The third-order valence-electron chi connectivity index (χ3n) is 4.47. The highest BCUT2D eigenvalue weighted by molar-refractivity contribution is 7.98. The third-order valence-corrected chi connectivity index (χ3v) is 5.73. The maximum absolute atomic E-state index is 6.00. The first kappa shape index (κ1) is 18.9. The monoisotopic (exact) mass is 408 g/mol. The second kappa shape index (κ2) is 8.29. The molecule has 28 heavy (non-hydrogen) atoms. The van der Waals surface area contributed by atoms with Crippen LogP contribution in [0.3, 0.4) is 0 Å². The van der Waals surface area contributed by atoms with Crippen molar-refractivity contribution >= 4 is 34.4 Å². The molecule has 0 atom stereocenters. The molecule has 5 heteroatoms. The lowest BCUT2D eigenvalue weighted by Gasteiger charge is -2.10. The molecule has 0 saturated heterocycles. The fourth-order valence-corrected chi connectivity index (χ4v) is 4.21. The molecule has 142 valence electrons. The van der Waals surface area contributed by atoms with Crippen molar-refractivity contribution in [3.8, 4) is 11.4 Å². The Morgan fingerprint density at radius 1 is 1.00 bits per heavy atom. The number of hydrogen-bond acceptors (Lipinski definition) is 3. The van der Waals surface area contributed by atoms with Crippen molar-refractivity contribution in [2.45, 2.75) is 24.8 Å². The van der Waals surface area contributed by atoms with Gasteiger partial charge in [-0.2, -0.15) is 0 Å². The normalized spacial score (nSPS) is 11.1. The van der Waals surface area contributed by atoms with Crippen LogP contribution in [0.25, 0.3) is 16.7 Å². The molecular weight excluding hydrogens is 388 g/mol. The van der Waals surface area contributed by atoms with Gasteiger partial charge in [-0.1, -0.05) is 41.6 Å². The minimum Gasteiger partial charge on any atom is -0.494 e. The SMILES string of the molecule is CCOc1ccc(-n2c(SCc3ccc(Cl)cc3)nc3cc(C)ccc32)cc1. The summed E-state index contributed by atoms with van der Waals surface area (Å²) >= 11 is 7.73. The molecule has 0 aliphatic carbocycles. The quantitative estimate of drug-likeness (QED) is 0.333. The molecule has 0 amide bonds. The van der Waals surface area contributed by atoms with Gasteiger partial charge in [0.05, 0.1) is 17.6 Å². The van der Waals surface area contributed by atoms with E-state index < -0.39 is 0 Å². The van der Waals surface area contributed by atoms with E-state index in [1.165, 1.54) is 11.1 Å². The van der Waals surface area contributed by atoms with Crippen molar-refractivity contribution in [3.05, 3.63) is 82.9 Å². The summed E-state index contributed by atoms with van der Waals surface area (Å²) in [5.74, 6) is 1.71. The van der Waals surface area contributed by atoms with E-state index in [4.69, 9.17) is 21.3 Å². The average Bonchev–Trinajstić information content (AvgIpc) is 3.06. The van der Waals surface area contributed by atoms with Crippen LogP contribution in [0.4, 0.5) is 0 Å². The Morgan fingerprint density at radius 3 is 2.46 bits per heavy atom. The molecule has 0 aliphatic rings. The average molecular weight is 409 g/mol. The number of halogens is 1. The molecular formula is C23H21ClN2OS. The summed E-state index contributed by atoms with van der Waals surface area (Å²) in [5.41, 5.74) is 5.61. The van der Waals surface area contributed by atoms with Gasteiger partial charge in [-0.25, -0.2) is 4.98 Å². The van der Waals surface area contributed by atoms with Crippen LogP contribution in [0.5, 0.6) is 5.75 Å². The van der Waals surface area contributed by atoms with Gasteiger partial charge in [0.2, 0.25) is 0 Å². The van der Waals surface area contributed by atoms with Crippen LogP contribution in [0.1, 0.15) is 18.1 Å². The highest BCUT2D eigenvalue weighted by Gasteiger charge is 2.14. The van der Waals surface area contributed by atoms with Crippen molar-refractivity contribution in [2.75, 3.05) is 6.61 Å². The smallest absolute Gasteiger partial charge is 0.174 e. The minimum absolute atomic E-state index is 0.662. The molecule has 3 nitrogen and oxygen atoms in total. The number of fused-ring (bicyclic) bond motifs is 1. The van der Waals surface area contributed by atoms with Crippen molar-refractivity contribution in [1.82, 2.24) is 9.55 Å². The van der Waals surface area contributed by atoms with Gasteiger partial charge in [0.1, 0.15) is 5.75 Å². The Labute approximate surface area is 174 Å². The second-order valence-electron chi connectivity index (χ2n) is 6.56. The van der Waals surface area contributed by atoms with Gasteiger partial charge in [-0.3, -0.25) is 4.57 Å². The molecule has 0 aliphatic heterocycles. The fraction of sp³-hybridized carbons (Fsp3) is 0.174. The van der Waals surface area contributed by atoms with Crippen LogP contribution < -0.4 is 4.74 Å². The van der Waals surface area contributed by atoms with E-state index in [1.54, 1.807) is 11.8 Å². The van der Waals surface area contributed by atoms with Crippen LogP contribution in [-0.4, -0.2) is 16.2 Å². The van der Waals surface area contributed by atoms with Gasteiger partial charge in [0.25, 0.3) is 0 Å². The first-order valence-electron chi connectivity index (χ1n) is 9.23. The van der Waals surface area contributed by atoms with Crippen molar-refractivity contribution < 1.29 is 4.74 Å². The molecule has 0 fully saturated rings. The first-order valence-corrected chi connectivity index (χ1v) is 10.6. The van der Waals surface area contributed by atoms with Gasteiger partial charge in [-0.15, -0.1) is 0 Å². The summed E-state index contributed by atoms with van der Waals surface area (Å²) < 4.78 is 7.80. The molecule has 1 aromatic heterocycles. The number of hydrogen-bond donors (Lipinski definition) is 0. The van der Waals surface area contributed by atoms with E-state index in [0.29, 0.717) is 6.61 Å². The standard InChI is InChI=1S/C23H21ClN2OS/c1-3-27-20-11-9-19(10-12-20)26-22-13-4-16(2)14-21(22)25-23(26)28-15-17-5-7-18(24)8-6-17/h4-14H,3,15H2,1-2H3. The van der Waals surface area contributed by atoms with Gasteiger partial charge in [-0.05, 0) is 73.5 Å². The molecule has 0 spiro atoms. The van der Waals surface area contributed by atoms with Gasteiger partial charge < -0.3 is 4.74 Å². The van der Waals surface area contributed by atoms with E-state index in [9.17, 15) is 0 Å². The molecule has 4 rings (SSSR count). The summed E-state index contributed by atoms with van der Waals surface area (Å²) in [7, 11) is 0. The Bertz CT molecular complexity index is 1090. The Morgan fingerprint density at radius 2 is 1.75 bits per heavy atom. The Balaban J connectivity index is 1.72. The highest BCUT2D eigenvalue weighted by atomic mass is 35.5. The largest absolute Gasteiger partial charge is 0.494 e. The number of thioether (sulfide) groups is 1. The molecule has 3 aromatic carbocycles. The maximum atomic E-state index is 6.00. The summed E-state index contributed by atoms with van der Waals surface area (Å²) in [4.78, 5) is 4.91. The molecule has 1 heterocycles. The molecule has 0 unspecified atom stereocenters. The van der Waals surface area contributed by atoms with E-state index in [0.717, 1.165) is 38.4 Å².